The van der Waals surface area contributed by atoms with Gasteiger partial charge in [0, 0.05) is 24.5 Å². The van der Waals surface area contributed by atoms with Crippen LogP contribution in [-0.2, 0) is 16.0 Å². The molecule has 2 atom stereocenters. The van der Waals surface area contributed by atoms with Gasteiger partial charge in [-0.3, -0.25) is 9.69 Å². The average Bonchev–Trinajstić information content (AvgIpc) is 3.26. The maximum atomic E-state index is 13.4. The molecule has 33 heavy (non-hydrogen) atoms. The van der Waals surface area contributed by atoms with Crippen LogP contribution in [0.5, 0.6) is 5.75 Å². The van der Waals surface area contributed by atoms with Crippen LogP contribution in [0.25, 0.3) is 0 Å². The zero-order valence-corrected chi connectivity index (χ0v) is 20.1. The Bertz CT molecular complexity index is 902. The lowest BCUT2D eigenvalue weighted by atomic mass is 10.0. The molecule has 2 heterocycles. The van der Waals surface area contributed by atoms with Crippen molar-refractivity contribution in [3.63, 3.8) is 0 Å². The molecule has 1 aromatic carbocycles. The number of amides is 1. The number of halogens is 1. The second-order valence-corrected chi connectivity index (χ2v) is 9.44. The summed E-state index contributed by atoms with van der Waals surface area (Å²) in [5.74, 6) is 0.214. The van der Waals surface area contributed by atoms with Gasteiger partial charge < -0.3 is 19.5 Å². The Balaban J connectivity index is 1.67. The number of nitrogens with zero attached hydrogens (tertiary/aromatic N) is 2. The van der Waals surface area contributed by atoms with Crippen molar-refractivity contribution in [2.45, 2.75) is 38.5 Å². The predicted molar refractivity (Wildman–Crippen MR) is 128 cm³/mol. The Morgan fingerprint density at radius 3 is 2.82 bits per heavy atom. The van der Waals surface area contributed by atoms with E-state index in [-0.39, 0.29) is 43.6 Å². The fourth-order valence-corrected chi connectivity index (χ4v) is 4.83. The fourth-order valence-electron chi connectivity index (χ4n) is 3.90. The first-order valence-corrected chi connectivity index (χ1v) is 12.1. The Hall–Kier alpha value is -2.26. The summed E-state index contributed by atoms with van der Waals surface area (Å²) in [7, 11) is 0. The van der Waals surface area contributed by atoms with Gasteiger partial charge in [-0.25, -0.2) is 4.39 Å². The summed E-state index contributed by atoms with van der Waals surface area (Å²) in [6.07, 6.45) is 1.87. The van der Waals surface area contributed by atoms with Crippen LogP contribution in [0.2, 0.25) is 0 Å². The van der Waals surface area contributed by atoms with E-state index in [4.69, 9.17) is 9.47 Å². The number of ether oxygens (including phenoxy) is 2. The summed E-state index contributed by atoms with van der Waals surface area (Å²) >= 11 is 1.69. The molecule has 2 aromatic rings. The standard InChI is InChI=1S/C25H33FN2O4S/c1-4-11-27(14-20(29)16-31-18(2)3)15-25(30)28-12-9-24-22(10-13-33-24)23(28)17-32-21-7-5-19(26)6-8-21/h4-8,10,13,18,20,23,29H,1,9,11-12,14-17H2,2-3H3/t20-,23+/m0/s1. The molecule has 8 heteroatoms. The number of aliphatic hydroxyl groups is 1. The Morgan fingerprint density at radius 1 is 1.36 bits per heavy atom. The summed E-state index contributed by atoms with van der Waals surface area (Å²) in [6, 6.07) is 7.72. The predicted octanol–water partition coefficient (Wildman–Crippen LogP) is 3.67. The van der Waals surface area contributed by atoms with Gasteiger partial charge in [-0.2, -0.15) is 0 Å². The van der Waals surface area contributed by atoms with Gasteiger partial charge in [0.1, 0.15) is 18.2 Å². The third kappa shape index (κ3) is 7.37. The molecular formula is C25H33FN2O4S. The number of hydrogen-bond donors (Lipinski definition) is 1. The normalized spacial score (nSPS) is 16.7. The van der Waals surface area contributed by atoms with E-state index in [2.05, 4.69) is 6.58 Å². The SMILES string of the molecule is C=CCN(CC(=O)N1CCc2sccc2[C@H]1COc1ccc(F)cc1)C[C@H](O)COC(C)C. The van der Waals surface area contributed by atoms with Gasteiger partial charge in [-0.1, -0.05) is 6.08 Å². The zero-order chi connectivity index (χ0) is 23.8. The van der Waals surface area contributed by atoms with E-state index in [9.17, 15) is 14.3 Å². The molecule has 0 fully saturated rings. The lowest BCUT2D eigenvalue weighted by Crippen LogP contribution is -2.48. The second-order valence-electron chi connectivity index (χ2n) is 8.44. The first-order valence-electron chi connectivity index (χ1n) is 11.2. The van der Waals surface area contributed by atoms with Crippen molar-refractivity contribution in [1.82, 2.24) is 9.80 Å². The number of hydrogen-bond acceptors (Lipinski definition) is 6. The van der Waals surface area contributed by atoms with Gasteiger partial charge in [-0.05, 0) is 61.5 Å². The smallest absolute Gasteiger partial charge is 0.237 e. The molecule has 0 saturated carbocycles. The van der Waals surface area contributed by atoms with E-state index < -0.39 is 6.10 Å². The van der Waals surface area contributed by atoms with E-state index in [1.54, 1.807) is 29.5 Å². The summed E-state index contributed by atoms with van der Waals surface area (Å²) < 4.78 is 24.7. The average molecular weight is 477 g/mol. The highest BCUT2D eigenvalue weighted by atomic mass is 32.1. The quantitative estimate of drug-likeness (QED) is 0.474. The molecule has 3 rings (SSSR count). The number of carbonyl (C=O) groups excluding carboxylic acids is 1. The maximum absolute atomic E-state index is 13.4. The topological polar surface area (TPSA) is 62.2 Å². The van der Waals surface area contributed by atoms with Gasteiger partial charge in [0.05, 0.1) is 31.4 Å². The van der Waals surface area contributed by atoms with Crippen LogP contribution in [0.15, 0.2) is 48.4 Å². The van der Waals surface area contributed by atoms with Crippen molar-refractivity contribution in [1.29, 1.82) is 0 Å². The molecule has 0 unspecified atom stereocenters. The number of benzene rings is 1. The molecule has 1 aliphatic rings. The van der Waals surface area contributed by atoms with Gasteiger partial charge in [0.15, 0.2) is 0 Å². The lowest BCUT2D eigenvalue weighted by Gasteiger charge is -2.37. The largest absolute Gasteiger partial charge is 0.491 e. The minimum Gasteiger partial charge on any atom is -0.491 e. The molecule has 1 amide bonds. The molecule has 0 saturated heterocycles. The summed E-state index contributed by atoms with van der Waals surface area (Å²) in [4.78, 5) is 18.4. The summed E-state index contributed by atoms with van der Waals surface area (Å²) in [5.41, 5.74) is 1.10. The first-order chi connectivity index (χ1) is 15.9. The van der Waals surface area contributed by atoms with Crippen LogP contribution in [-0.4, -0.2) is 72.4 Å². The van der Waals surface area contributed by atoms with Crippen LogP contribution in [0.1, 0.15) is 30.3 Å². The van der Waals surface area contributed by atoms with E-state index in [1.807, 2.05) is 35.1 Å². The fraction of sp³-hybridized carbons (Fsp3) is 0.480. The van der Waals surface area contributed by atoms with E-state index in [1.165, 1.54) is 17.0 Å². The summed E-state index contributed by atoms with van der Waals surface area (Å²) in [6.45, 7) is 9.69. The molecule has 0 radical (unpaired) electrons. The number of fused-ring (bicyclic) bond motifs is 1. The minimum absolute atomic E-state index is 0.0293. The van der Waals surface area contributed by atoms with E-state index in [0.29, 0.717) is 25.4 Å². The molecular weight excluding hydrogens is 443 g/mol. The second kappa shape index (κ2) is 12.3. The van der Waals surface area contributed by atoms with Crippen LogP contribution in [0.4, 0.5) is 4.39 Å². The maximum Gasteiger partial charge on any atom is 0.237 e. The van der Waals surface area contributed by atoms with Crippen molar-refractivity contribution >= 4 is 17.2 Å². The third-order valence-corrected chi connectivity index (χ3v) is 6.47. The molecule has 0 aliphatic carbocycles. The van der Waals surface area contributed by atoms with Crippen LogP contribution < -0.4 is 4.74 Å². The minimum atomic E-state index is -0.692. The van der Waals surface area contributed by atoms with Crippen molar-refractivity contribution < 1.29 is 23.8 Å². The molecule has 0 spiro atoms. The molecule has 1 aliphatic heterocycles. The van der Waals surface area contributed by atoms with Crippen molar-refractivity contribution in [2.75, 3.05) is 39.4 Å². The molecule has 0 bridgehead atoms. The highest BCUT2D eigenvalue weighted by Gasteiger charge is 2.33. The molecule has 180 valence electrons. The van der Waals surface area contributed by atoms with Crippen LogP contribution >= 0.6 is 11.3 Å². The van der Waals surface area contributed by atoms with Gasteiger partial charge >= 0.3 is 0 Å². The van der Waals surface area contributed by atoms with Gasteiger partial charge in [-0.15, -0.1) is 17.9 Å². The zero-order valence-electron chi connectivity index (χ0n) is 19.3. The molecule has 1 aromatic heterocycles. The third-order valence-electron chi connectivity index (χ3n) is 5.47. The monoisotopic (exact) mass is 476 g/mol. The van der Waals surface area contributed by atoms with E-state index >= 15 is 0 Å². The molecule has 1 N–H and O–H groups in total. The van der Waals surface area contributed by atoms with Crippen molar-refractivity contribution in [3.8, 4) is 5.75 Å². The van der Waals surface area contributed by atoms with E-state index in [0.717, 1.165) is 12.0 Å². The van der Waals surface area contributed by atoms with Crippen LogP contribution in [0.3, 0.4) is 0 Å². The van der Waals surface area contributed by atoms with Crippen LogP contribution in [0, 0.1) is 5.82 Å². The van der Waals surface area contributed by atoms with Crippen molar-refractivity contribution in [3.05, 3.63) is 64.6 Å². The Morgan fingerprint density at radius 2 is 2.12 bits per heavy atom. The Labute approximate surface area is 199 Å². The Kier molecular flexibility index (Phi) is 9.43. The first kappa shape index (κ1) is 25.4. The number of thiophene rings is 1. The molecule has 6 nitrogen and oxygen atoms in total. The highest BCUT2D eigenvalue weighted by molar-refractivity contribution is 7.10. The lowest BCUT2D eigenvalue weighted by molar-refractivity contribution is -0.136. The van der Waals surface area contributed by atoms with Crippen molar-refractivity contribution in [2.24, 2.45) is 0 Å². The van der Waals surface area contributed by atoms with Gasteiger partial charge in [0.25, 0.3) is 0 Å². The number of aliphatic hydroxyl groups excluding tert-OH is 1. The number of rotatable bonds is 12. The van der Waals surface area contributed by atoms with Gasteiger partial charge in [0.2, 0.25) is 5.91 Å². The number of carbonyl (C=O) groups is 1. The highest BCUT2D eigenvalue weighted by Crippen LogP contribution is 2.34. The summed E-state index contributed by atoms with van der Waals surface area (Å²) in [5, 5.41) is 12.4.